The Kier molecular flexibility index (Phi) is 5.86. The van der Waals surface area contributed by atoms with Gasteiger partial charge in [-0.3, -0.25) is 0 Å². The van der Waals surface area contributed by atoms with Gasteiger partial charge in [0.15, 0.2) is 0 Å². The molecule has 0 aromatic heterocycles. The molecule has 1 atom stereocenters. The fourth-order valence-electron chi connectivity index (χ4n) is 1.35. The second kappa shape index (κ2) is 6.95. The van der Waals surface area contributed by atoms with Crippen molar-refractivity contribution in [3.63, 3.8) is 0 Å². The third-order valence-electron chi connectivity index (χ3n) is 2.13. The standard InChI is InChI=1S/C11H16BrNO2/c1-15-6-5-13-11(8-14)9-3-2-4-10(12)7-9/h2-4,7,11,13-14H,5-6,8H2,1H3. The molecule has 1 aromatic rings. The first-order chi connectivity index (χ1) is 7.27. The quantitative estimate of drug-likeness (QED) is 0.776. The minimum Gasteiger partial charge on any atom is -0.394 e. The molecule has 84 valence electrons. The van der Waals surface area contributed by atoms with Crippen molar-refractivity contribution in [3.05, 3.63) is 34.3 Å². The molecule has 0 saturated heterocycles. The molecule has 1 rings (SSSR count). The van der Waals surface area contributed by atoms with Gasteiger partial charge in [0.2, 0.25) is 0 Å². The SMILES string of the molecule is COCCNC(CO)c1cccc(Br)c1. The third kappa shape index (κ3) is 4.30. The summed E-state index contributed by atoms with van der Waals surface area (Å²) in [5.74, 6) is 0. The average Bonchev–Trinajstić information content (AvgIpc) is 2.24. The Morgan fingerprint density at radius 2 is 2.33 bits per heavy atom. The lowest BCUT2D eigenvalue weighted by Gasteiger charge is -2.16. The average molecular weight is 274 g/mol. The van der Waals surface area contributed by atoms with Crippen LogP contribution in [0.15, 0.2) is 28.7 Å². The molecule has 0 spiro atoms. The number of aliphatic hydroxyl groups is 1. The van der Waals surface area contributed by atoms with E-state index >= 15 is 0 Å². The molecule has 0 radical (unpaired) electrons. The second-order valence-electron chi connectivity index (χ2n) is 3.24. The van der Waals surface area contributed by atoms with Crippen molar-refractivity contribution in [2.75, 3.05) is 26.9 Å². The Hall–Kier alpha value is -0.420. The van der Waals surface area contributed by atoms with Crippen LogP contribution in [0.1, 0.15) is 11.6 Å². The van der Waals surface area contributed by atoms with Crippen molar-refractivity contribution in [2.24, 2.45) is 0 Å². The number of methoxy groups -OCH3 is 1. The largest absolute Gasteiger partial charge is 0.394 e. The molecule has 0 amide bonds. The molecule has 0 aliphatic heterocycles. The Morgan fingerprint density at radius 1 is 1.53 bits per heavy atom. The number of hydrogen-bond donors (Lipinski definition) is 2. The molecule has 15 heavy (non-hydrogen) atoms. The maximum absolute atomic E-state index is 9.25. The van der Waals surface area contributed by atoms with Gasteiger partial charge in [-0.15, -0.1) is 0 Å². The summed E-state index contributed by atoms with van der Waals surface area (Å²) in [4.78, 5) is 0. The fraction of sp³-hybridized carbons (Fsp3) is 0.455. The summed E-state index contributed by atoms with van der Waals surface area (Å²) >= 11 is 3.41. The van der Waals surface area contributed by atoms with Gasteiger partial charge in [-0.1, -0.05) is 28.1 Å². The summed E-state index contributed by atoms with van der Waals surface area (Å²) in [6.45, 7) is 1.46. The highest BCUT2D eigenvalue weighted by Gasteiger charge is 2.08. The van der Waals surface area contributed by atoms with Crippen LogP contribution in [-0.2, 0) is 4.74 Å². The van der Waals surface area contributed by atoms with Crippen LogP contribution in [0, 0.1) is 0 Å². The minimum atomic E-state index is -0.0300. The van der Waals surface area contributed by atoms with Gasteiger partial charge in [0.1, 0.15) is 0 Å². The van der Waals surface area contributed by atoms with Crippen LogP contribution in [0.5, 0.6) is 0 Å². The van der Waals surface area contributed by atoms with Crippen LogP contribution in [-0.4, -0.2) is 32.0 Å². The molecule has 0 saturated carbocycles. The van der Waals surface area contributed by atoms with Crippen LogP contribution in [0.25, 0.3) is 0 Å². The maximum Gasteiger partial charge on any atom is 0.0626 e. The maximum atomic E-state index is 9.25. The molecule has 3 nitrogen and oxygen atoms in total. The van der Waals surface area contributed by atoms with E-state index in [0.717, 1.165) is 16.6 Å². The molecule has 0 aliphatic carbocycles. The zero-order valence-corrected chi connectivity index (χ0v) is 10.3. The van der Waals surface area contributed by atoms with Crippen LogP contribution in [0.3, 0.4) is 0 Å². The zero-order valence-electron chi connectivity index (χ0n) is 8.74. The Labute approximate surface area is 98.6 Å². The molecule has 2 N–H and O–H groups in total. The van der Waals surface area contributed by atoms with Crippen LogP contribution in [0.4, 0.5) is 0 Å². The number of ether oxygens (including phenoxy) is 1. The van der Waals surface area contributed by atoms with Crippen molar-refractivity contribution in [1.82, 2.24) is 5.32 Å². The predicted molar refractivity (Wildman–Crippen MR) is 63.8 cm³/mol. The van der Waals surface area contributed by atoms with E-state index in [-0.39, 0.29) is 12.6 Å². The highest BCUT2D eigenvalue weighted by Crippen LogP contribution is 2.17. The molecule has 1 unspecified atom stereocenters. The number of halogens is 1. The van der Waals surface area contributed by atoms with Crippen LogP contribution in [0.2, 0.25) is 0 Å². The van der Waals surface area contributed by atoms with E-state index in [2.05, 4.69) is 21.2 Å². The smallest absolute Gasteiger partial charge is 0.0626 e. The van der Waals surface area contributed by atoms with Gasteiger partial charge in [0, 0.05) is 18.1 Å². The van der Waals surface area contributed by atoms with E-state index in [1.165, 1.54) is 0 Å². The summed E-state index contributed by atoms with van der Waals surface area (Å²) in [6.07, 6.45) is 0. The first-order valence-electron chi connectivity index (χ1n) is 4.86. The number of benzene rings is 1. The number of aliphatic hydroxyl groups excluding tert-OH is 1. The van der Waals surface area contributed by atoms with Crippen molar-refractivity contribution < 1.29 is 9.84 Å². The van der Waals surface area contributed by atoms with Crippen molar-refractivity contribution in [3.8, 4) is 0 Å². The minimum absolute atomic E-state index is 0.0300. The molecule has 4 heteroatoms. The molecule has 0 heterocycles. The van der Waals surface area contributed by atoms with Gasteiger partial charge in [-0.2, -0.15) is 0 Å². The van der Waals surface area contributed by atoms with E-state index in [1.807, 2.05) is 24.3 Å². The predicted octanol–water partition coefficient (Wildman–Crippen LogP) is 1.72. The van der Waals surface area contributed by atoms with E-state index < -0.39 is 0 Å². The lowest BCUT2D eigenvalue weighted by molar-refractivity contribution is 0.184. The fourth-order valence-corrected chi connectivity index (χ4v) is 1.76. The molecule has 0 fully saturated rings. The Bertz CT molecular complexity index is 294. The summed E-state index contributed by atoms with van der Waals surface area (Å²) < 4.78 is 5.96. The molecule has 0 aliphatic rings. The van der Waals surface area contributed by atoms with E-state index in [9.17, 15) is 5.11 Å². The van der Waals surface area contributed by atoms with E-state index in [4.69, 9.17) is 4.74 Å². The summed E-state index contributed by atoms with van der Waals surface area (Å²) in [5.41, 5.74) is 1.07. The molecule has 0 bridgehead atoms. The monoisotopic (exact) mass is 273 g/mol. The van der Waals surface area contributed by atoms with Crippen LogP contribution >= 0.6 is 15.9 Å². The third-order valence-corrected chi connectivity index (χ3v) is 2.62. The highest BCUT2D eigenvalue weighted by molar-refractivity contribution is 9.10. The van der Waals surface area contributed by atoms with Gasteiger partial charge in [0.25, 0.3) is 0 Å². The number of nitrogens with one attached hydrogen (secondary N) is 1. The zero-order chi connectivity index (χ0) is 11.1. The van der Waals surface area contributed by atoms with Gasteiger partial charge in [-0.25, -0.2) is 0 Å². The second-order valence-corrected chi connectivity index (χ2v) is 4.15. The molecule has 1 aromatic carbocycles. The number of hydrogen-bond acceptors (Lipinski definition) is 3. The first kappa shape index (κ1) is 12.6. The van der Waals surface area contributed by atoms with Gasteiger partial charge in [0.05, 0.1) is 19.3 Å². The van der Waals surface area contributed by atoms with Crippen LogP contribution < -0.4 is 5.32 Å². The topological polar surface area (TPSA) is 41.5 Å². The summed E-state index contributed by atoms with van der Waals surface area (Å²) in [5, 5.41) is 12.5. The Morgan fingerprint density at radius 3 is 2.93 bits per heavy atom. The normalized spacial score (nSPS) is 12.7. The van der Waals surface area contributed by atoms with Crippen molar-refractivity contribution in [1.29, 1.82) is 0 Å². The highest BCUT2D eigenvalue weighted by atomic mass is 79.9. The van der Waals surface area contributed by atoms with Crippen molar-refractivity contribution in [2.45, 2.75) is 6.04 Å². The van der Waals surface area contributed by atoms with Gasteiger partial charge >= 0.3 is 0 Å². The molecular weight excluding hydrogens is 258 g/mol. The number of rotatable bonds is 6. The lowest BCUT2D eigenvalue weighted by atomic mass is 10.1. The lowest BCUT2D eigenvalue weighted by Crippen LogP contribution is -2.27. The first-order valence-corrected chi connectivity index (χ1v) is 5.66. The van der Waals surface area contributed by atoms with E-state index in [1.54, 1.807) is 7.11 Å². The Balaban J connectivity index is 2.57. The van der Waals surface area contributed by atoms with Gasteiger partial charge in [-0.05, 0) is 17.7 Å². The molecular formula is C11H16BrNO2. The van der Waals surface area contributed by atoms with E-state index in [0.29, 0.717) is 6.61 Å². The summed E-state index contributed by atoms with van der Waals surface area (Å²) in [6, 6.07) is 7.89. The van der Waals surface area contributed by atoms with Gasteiger partial charge < -0.3 is 15.2 Å². The van der Waals surface area contributed by atoms with Crippen molar-refractivity contribution >= 4 is 15.9 Å². The summed E-state index contributed by atoms with van der Waals surface area (Å²) in [7, 11) is 1.66.